The molecule has 1 rings (SSSR count). The summed E-state index contributed by atoms with van der Waals surface area (Å²) in [5.74, 6) is 1.08. The fourth-order valence-electron chi connectivity index (χ4n) is 1.38. The van der Waals surface area contributed by atoms with Crippen LogP contribution in [0.5, 0.6) is 11.5 Å². The van der Waals surface area contributed by atoms with Crippen LogP contribution in [0.25, 0.3) is 0 Å². The number of nitrogens with two attached hydrogens (primary N) is 1. The lowest BCUT2D eigenvalue weighted by molar-refractivity contribution is 0.208. The highest BCUT2D eigenvalue weighted by Crippen LogP contribution is 2.36. The van der Waals surface area contributed by atoms with Crippen molar-refractivity contribution in [3.63, 3.8) is 0 Å². The van der Waals surface area contributed by atoms with Gasteiger partial charge in [-0.15, -0.1) is 0 Å². The van der Waals surface area contributed by atoms with E-state index in [1.165, 1.54) is 0 Å². The minimum absolute atomic E-state index is 0.0530. The van der Waals surface area contributed by atoms with Crippen LogP contribution in [0.4, 0.5) is 0 Å². The molecule has 5 nitrogen and oxygen atoms in total. The number of nitrogens with zero attached hydrogens (tertiary/aromatic N) is 1. The number of halogens is 1. The van der Waals surface area contributed by atoms with E-state index in [0.717, 1.165) is 12.0 Å². The summed E-state index contributed by atoms with van der Waals surface area (Å²) in [7, 11) is 1.56. The average molecular weight is 316 g/mol. The van der Waals surface area contributed by atoms with Crippen molar-refractivity contribution in [2.75, 3.05) is 7.11 Å². The third-order valence-electron chi connectivity index (χ3n) is 2.53. The lowest BCUT2D eigenvalue weighted by Crippen LogP contribution is -2.24. The summed E-state index contributed by atoms with van der Waals surface area (Å²) in [4.78, 5) is 0. The zero-order chi connectivity index (χ0) is 15.1. The maximum absolute atomic E-state index is 6.22. The van der Waals surface area contributed by atoms with Gasteiger partial charge in [-0.1, -0.05) is 18.5 Å². The number of hydrogen-bond donors (Lipinski definition) is 2. The van der Waals surface area contributed by atoms with Gasteiger partial charge in [-0.2, -0.15) is 5.10 Å². The number of ether oxygens (including phenoxy) is 2. The number of nitrogens with one attached hydrogen (secondary N) is 1. The summed E-state index contributed by atoms with van der Waals surface area (Å²) in [6, 6.07) is 3.50. The second-order valence-electron chi connectivity index (χ2n) is 4.11. The Bertz CT molecular complexity index is 509. The SMILES string of the molecule is CC[C@@H](C)Oc1c(Cl)cc(/C=N\NC(N)=S)cc1OC. The Labute approximate surface area is 129 Å². The first-order chi connectivity index (χ1) is 9.47. The standard InChI is InChI=1S/C13H18ClN3O2S/c1-4-8(2)19-12-10(14)5-9(6-11(12)18-3)7-16-17-13(15)20/h5-8H,4H2,1-3H3,(H3,15,17,20)/b16-7-/t8-/m1/s1. The van der Waals surface area contributed by atoms with Gasteiger partial charge in [0.25, 0.3) is 0 Å². The first-order valence-electron chi connectivity index (χ1n) is 6.10. The molecule has 0 radical (unpaired) electrons. The minimum atomic E-state index is 0.0530. The number of thiocarbonyl (C=S) groups is 1. The van der Waals surface area contributed by atoms with Gasteiger partial charge >= 0.3 is 0 Å². The molecule has 0 heterocycles. The van der Waals surface area contributed by atoms with Gasteiger partial charge < -0.3 is 15.2 Å². The van der Waals surface area contributed by atoms with Crippen molar-refractivity contribution in [3.8, 4) is 11.5 Å². The van der Waals surface area contributed by atoms with Crippen LogP contribution >= 0.6 is 23.8 Å². The van der Waals surface area contributed by atoms with Gasteiger partial charge in [0, 0.05) is 0 Å². The Hall–Kier alpha value is -1.53. The molecule has 1 aromatic carbocycles. The number of hydrazone groups is 1. The molecule has 0 unspecified atom stereocenters. The van der Waals surface area contributed by atoms with Crippen molar-refractivity contribution in [1.82, 2.24) is 5.43 Å². The highest BCUT2D eigenvalue weighted by Gasteiger charge is 2.13. The molecule has 0 fully saturated rings. The lowest BCUT2D eigenvalue weighted by atomic mass is 10.2. The Balaban J connectivity index is 3.00. The summed E-state index contributed by atoms with van der Waals surface area (Å²) >= 11 is 10.9. The summed E-state index contributed by atoms with van der Waals surface area (Å²) < 4.78 is 11.1. The molecule has 1 atom stereocenters. The normalized spacial score (nSPS) is 12.2. The van der Waals surface area contributed by atoms with Gasteiger partial charge in [-0.3, -0.25) is 5.43 Å². The Morgan fingerprint density at radius 3 is 2.85 bits per heavy atom. The van der Waals surface area contributed by atoms with Crippen LogP contribution in [0.1, 0.15) is 25.8 Å². The second kappa shape index (κ2) is 7.91. The molecule has 0 aliphatic carbocycles. The molecule has 3 N–H and O–H groups in total. The van der Waals surface area contributed by atoms with Crippen molar-refractivity contribution in [3.05, 3.63) is 22.7 Å². The van der Waals surface area contributed by atoms with Crippen LogP contribution in [0.3, 0.4) is 0 Å². The maximum atomic E-state index is 6.22. The van der Waals surface area contributed by atoms with Gasteiger partial charge in [0.2, 0.25) is 0 Å². The molecule has 0 bridgehead atoms. The summed E-state index contributed by atoms with van der Waals surface area (Å²) in [5, 5.41) is 4.42. The first kappa shape index (κ1) is 16.5. The molecular weight excluding hydrogens is 298 g/mol. The molecular formula is C13H18ClN3O2S. The first-order valence-corrected chi connectivity index (χ1v) is 6.89. The molecule has 7 heteroatoms. The molecule has 0 amide bonds. The van der Waals surface area contributed by atoms with Crippen molar-refractivity contribution in [2.24, 2.45) is 10.8 Å². The van der Waals surface area contributed by atoms with Gasteiger partial charge in [0.1, 0.15) is 0 Å². The van der Waals surface area contributed by atoms with Crippen molar-refractivity contribution >= 4 is 35.1 Å². The van der Waals surface area contributed by atoms with Gasteiger partial charge in [0.05, 0.1) is 24.5 Å². The molecule has 0 aliphatic heterocycles. The fraction of sp³-hybridized carbons (Fsp3) is 0.385. The van der Waals surface area contributed by atoms with Crippen molar-refractivity contribution in [1.29, 1.82) is 0 Å². The number of rotatable bonds is 6. The summed E-state index contributed by atoms with van der Waals surface area (Å²) in [5.41, 5.74) is 8.49. The van der Waals surface area contributed by atoms with E-state index in [1.807, 2.05) is 13.8 Å². The predicted molar refractivity (Wildman–Crippen MR) is 85.9 cm³/mol. The van der Waals surface area contributed by atoms with Gasteiger partial charge in [-0.25, -0.2) is 0 Å². The van der Waals surface area contributed by atoms with E-state index in [9.17, 15) is 0 Å². The monoisotopic (exact) mass is 315 g/mol. The Morgan fingerprint density at radius 2 is 2.30 bits per heavy atom. The van der Waals surface area contributed by atoms with Crippen molar-refractivity contribution < 1.29 is 9.47 Å². The number of benzene rings is 1. The van der Waals surface area contributed by atoms with E-state index in [4.69, 9.17) is 26.8 Å². The van der Waals surface area contributed by atoms with Gasteiger partial charge in [0.15, 0.2) is 16.6 Å². The Kier molecular flexibility index (Phi) is 6.54. The predicted octanol–water partition coefficient (Wildman–Crippen LogP) is 2.69. The molecule has 110 valence electrons. The highest BCUT2D eigenvalue weighted by atomic mass is 35.5. The third kappa shape index (κ3) is 4.86. The van der Waals surface area contributed by atoms with E-state index in [1.54, 1.807) is 25.5 Å². The maximum Gasteiger partial charge on any atom is 0.184 e. The second-order valence-corrected chi connectivity index (χ2v) is 4.95. The van der Waals surface area contributed by atoms with E-state index < -0.39 is 0 Å². The topological polar surface area (TPSA) is 68.9 Å². The van der Waals surface area contributed by atoms with Crippen LogP contribution in [-0.2, 0) is 0 Å². The van der Waals surface area contributed by atoms with E-state index >= 15 is 0 Å². The molecule has 0 aliphatic rings. The molecule has 1 aromatic rings. The van der Waals surface area contributed by atoms with E-state index in [-0.39, 0.29) is 11.2 Å². The van der Waals surface area contributed by atoms with Gasteiger partial charge in [-0.05, 0) is 43.3 Å². The van der Waals surface area contributed by atoms with Crippen LogP contribution < -0.4 is 20.6 Å². The summed E-state index contributed by atoms with van der Waals surface area (Å²) in [6.45, 7) is 4.00. The third-order valence-corrected chi connectivity index (χ3v) is 2.91. The van der Waals surface area contributed by atoms with Crippen molar-refractivity contribution in [2.45, 2.75) is 26.4 Å². The molecule has 0 saturated heterocycles. The highest BCUT2D eigenvalue weighted by molar-refractivity contribution is 7.80. The molecule has 0 aromatic heterocycles. The number of methoxy groups -OCH3 is 1. The van der Waals surface area contributed by atoms with Crippen LogP contribution in [0, 0.1) is 0 Å². The molecule has 0 spiro atoms. The quantitative estimate of drug-likeness (QED) is 0.480. The van der Waals surface area contributed by atoms with E-state index in [2.05, 4.69) is 22.7 Å². The fourth-order valence-corrected chi connectivity index (χ4v) is 1.70. The number of hydrogen-bond acceptors (Lipinski definition) is 4. The zero-order valence-corrected chi connectivity index (χ0v) is 13.2. The van der Waals surface area contributed by atoms with Crippen LogP contribution in [0.15, 0.2) is 17.2 Å². The van der Waals surface area contributed by atoms with Crippen LogP contribution in [-0.4, -0.2) is 24.5 Å². The lowest BCUT2D eigenvalue weighted by Gasteiger charge is -2.17. The average Bonchev–Trinajstić information content (AvgIpc) is 2.40. The van der Waals surface area contributed by atoms with Crippen LogP contribution in [0.2, 0.25) is 5.02 Å². The molecule has 0 saturated carbocycles. The smallest absolute Gasteiger partial charge is 0.184 e. The summed E-state index contributed by atoms with van der Waals surface area (Å²) in [6.07, 6.45) is 2.47. The Morgan fingerprint density at radius 1 is 1.60 bits per heavy atom. The van der Waals surface area contributed by atoms with E-state index in [0.29, 0.717) is 16.5 Å². The largest absolute Gasteiger partial charge is 0.493 e. The molecule has 20 heavy (non-hydrogen) atoms. The zero-order valence-electron chi connectivity index (χ0n) is 11.6. The minimum Gasteiger partial charge on any atom is -0.493 e.